The average molecular weight is 223 g/mol. The Balaban J connectivity index is 1.89. The first kappa shape index (κ1) is 10.7. The molecule has 1 aromatic heterocycles. The summed E-state index contributed by atoms with van der Waals surface area (Å²) < 4.78 is 4.90. The Morgan fingerprint density at radius 3 is 2.81 bits per heavy atom. The largest absolute Gasteiger partial charge is 0.481 e. The number of carboxylic acid groups (broad SMARTS) is 1. The van der Waals surface area contributed by atoms with Crippen molar-refractivity contribution in [2.24, 2.45) is 11.8 Å². The van der Waals surface area contributed by atoms with Gasteiger partial charge in [-0.15, -0.1) is 0 Å². The molecule has 5 heteroatoms. The summed E-state index contributed by atoms with van der Waals surface area (Å²) in [5, 5.41) is 8.73. The summed E-state index contributed by atoms with van der Waals surface area (Å²) in [4.78, 5) is 23.9. The minimum atomic E-state index is -0.880. The molecule has 1 aromatic rings. The fourth-order valence-electron chi connectivity index (χ4n) is 1.76. The van der Waals surface area contributed by atoms with Crippen molar-refractivity contribution in [2.45, 2.75) is 13.0 Å². The van der Waals surface area contributed by atoms with Crippen molar-refractivity contribution < 1.29 is 19.1 Å². The molecule has 0 aliphatic heterocycles. The second-order valence-corrected chi connectivity index (χ2v) is 4.11. The van der Waals surface area contributed by atoms with Crippen LogP contribution in [0.2, 0.25) is 0 Å². The van der Waals surface area contributed by atoms with Crippen molar-refractivity contribution in [3.05, 3.63) is 24.2 Å². The van der Waals surface area contributed by atoms with Crippen molar-refractivity contribution in [3.63, 3.8) is 0 Å². The molecule has 0 radical (unpaired) electrons. The van der Waals surface area contributed by atoms with E-state index in [0.29, 0.717) is 13.0 Å². The van der Waals surface area contributed by atoms with Gasteiger partial charge in [0.25, 0.3) is 0 Å². The second kappa shape index (κ2) is 4.00. The van der Waals surface area contributed by atoms with Gasteiger partial charge in [0.05, 0.1) is 24.4 Å². The Morgan fingerprint density at radius 2 is 2.31 bits per heavy atom. The topological polar surface area (TPSA) is 70.8 Å². The SMILES string of the molecule is CN(Cc1ccoc1)C(=O)[C@@H]1C[C@@H]1C(=O)O. The molecule has 0 saturated heterocycles. The van der Waals surface area contributed by atoms with E-state index in [0.717, 1.165) is 5.56 Å². The van der Waals surface area contributed by atoms with Crippen LogP contribution < -0.4 is 0 Å². The number of amides is 1. The van der Waals surface area contributed by atoms with Gasteiger partial charge in [-0.25, -0.2) is 0 Å². The first-order valence-corrected chi connectivity index (χ1v) is 5.08. The van der Waals surface area contributed by atoms with Crippen LogP contribution in [0.1, 0.15) is 12.0 Å². The molecule has 0 spiro atoms. The number of carboxylic acids is 1. The van der Waals surface area contributed by atoms with Crippen LogP contribution in [0.5, 0.6) is 0 Å². The van der Waals surface area contributed by atoms with Crippen LogP contribution in [0, 0.1) is 11.8 Å². The molecule has 0 aromatic carbocycles. The van der Waals surface area contributed by atoms with Crippen LogP contribution in [0.3, 0.4) is 0 Å². The lowest BCUT2D eigenvalue weighted by molar-refractivity contribution is -0.141. The highest BCUT2D eigenvalue weighted by Crippen LogP contribution is 2.40. The standard InChI is InChI=1S/C11H13NO4/c1-12(5-7-2-3-16-6-7)10(13)8-4-9(8)11(14)15/h2-3,6,8-9H,4-5H2,1H3,(H,14,15)/t8-,9+/m1/s1. The lowest BCUT2D eigenvalue weighted by Gasteiger charge is -2.15. The van der Waals surface area contributed by atoms with E-state index < -0.39 is 11.9 Å². The van der Waals surface area contributed by atoms with Gasteiger partial charge in [-0.05, 0) is 12.5 Å². The van der Waals surface area contributed by atoms with Gasteiger partial charge in [0.2, 0.25) is 5.91 Å². The maximum Gasteiger partial charge on any atom is 0.307 e. The molecule has 1 heterocycles. The van der Waals surface area contributed by atoms with E-state index in [9.17, 15) is 9.59 Å². The number of hydrogen-bond acceptors (Lipinski definition) is 3. The van der Waals surface area contributed by atoms with Gasteiger partial charge >= 0.3 is 5.97 Å². The second-order valence-electron chi connectivity index (χ2n) is 4.11. The summed E-state index contributed by atoms with van der Waals surface area (Å²) >= 11 is 0. The summed E-state index contributed by atoms with van der Waals surface area (Å²) in [7, 11) is 1.67. The smallest absolute Gasteiger partial charge is 0.307 e. The third kappa shape index (κ3) is 2.08. The molecule has 1 saturated carbocycles. The highest BCUT2D eigenvalue weighted by atomic mass is 16.4. The molecule has 2 rings (SSSR count). The van der Waals surface area contributed by atoms with Crippen LogP contribution in [-0.4, -0.2) is 28.9 Å². The van der Waals surface area contributed by atoms with Crippen LogP contribution in [-0.2, 0) is 16.1 Å². The molecule has 1 aliphatic carbocycles. The number of carbonyl (C=O) groups excluding carboxylic acids is 1. The minimum absolute atomic E-state index is 0.103. The molecule has 1 N–H and O–H groups in total. The summed E-state index contributed by atoms with van der Waals surface area (Å²) in [6, 6.07) is 1.78. The predicted octanol–water partition coefficient (Wildman–Crippen LogP) is 0.959. The highest BCUT2D eigenvalue weighted by molar-refractivity contribution is 5.89. The van der Waals surface area contributed by atoms with E-state index in [-0.39, 0.29) is 11.8 Å². The zero-order chi connectivity index (χ0) is 11.7. The molecule has 16 heavy (non-hydrogen) atoms. The molecule has 86 valence electrons. The van der Waals surface area contributed by atoms with E-state index in [1.807, 2.05) is 0 Å². The lowest BCUT2D eigenvalue weighted by atomic mass is 10.2. The Kier molecular flexibility index (Phi) is 2.68. The first-order valence-electron chi connectivity index (χ1n) is 5.08. The number of furan rings is 1. The molecule has 0 unspecified atom stereocenters. The summed E-state index contributed by atoms with van der Waals surface area (Å²) in [5.41, 5.74) is 0.906. The van der Waals surface area contributed by atoms with Gasteiger partial charge in [0, 0.05) is 19.2 Å². The van der Waals surface area contributed by atoms with Crippen LogP contribution in [0.15, 0.2) is 23.0 Å². The van der Waals surface area contributed by atoms with Crippen LogP contribution in [0.4, 0.5) is 0 Å². The first-order chi connectivity index (χ1) is 7.59. The molecular formula is C11H13NO4. The van der Waals surface area contributed by atoms with Gasteiger partial charge in [-0.3, -0.25) is 9.59 Å². The number of nitrogens with zero attached hydrogens (tertiary/aromatic N) is 1. The van der Waals surface area contributed by atoms with E-state index in [2.05, 4.69) is 0 Å². The number of rotatable bonds is 4. The third-order valence-electron chi connectivity index (χ3n) is 2.80. The maximum absolute atomic E-state index is 11.8. The van der Waals surface area contributed by atoms with Crippen molar-refractivity contribution in [2.75, 3.05) is 7.05 Å². The summed E-state index contributed by atoms with van der Waals surface area (Å²) in [6.07, 6.45) is 3.58. The minimum Gasteiger partial charge on any atom is -0.481 e. The third-order valence-corrected chi connectivity index (χ3v) is 2.80. The van der Waals surface area contributed by atoms with E-state index in [4.69, 9.17) is 9.52 Å². The molecule has 1 aliphatic rings. The summed E-state index contributed by atoms with van der Waals surface area (Å²) in [5.74, 6) is -1.81. The van der Waals surface area contributed by atoms with Crippen molar-refractivity contribution in [3.8, 4) is 0 Å². The van der Waals surface area contributed by atoms with Crippen molar-refractivity contribution in [1.29, 1.82) is 0 Å². The van der Waals surface area contributed by atoms with Gasteiger partial charge in [0.15, 0.2) is 0 Å². The van der Waals surface area contributed by atoms with E-state index in [1.54, 1.807) is 30.5 Å². The van der Waals surface area contributed by atoms with Crippen molar-refractivity contribution >= 4 is 11.9 Å². The Hall–Kier alpha value is -1.78. The fraction of sp³-hybridized carbons (Fsp3) is 0.455. The fourth-order valence-corrected chi connectivity index (χ4v) is 1.76. The average Bonchev–Trinajstić information content (AvgIpc) is 2.89. The van der Waals surface area contributed by atoms with Gasteiger partial charge < -0.3 is 14.4 Å². The van der Waals surface area contributed by atoms with Crippen LogP contribution in [0.25, 0.3) is 0 Å². The predicted molar refractivity (Wildman–Crippen MR) is 54.4 cm³/mol. The molecule has 2 atom stereocenters. The summed E-state index contributed by atoms with van der Waals surface area (Å²) in [6.45, 7) is 0.457. The molecule has 1 amide bonds. The van der Waals surface area contributed by atoms with E-state index in [1.165, 1.54) is 0 Å². The highest BCUT2D eigenvalue weighted by Gasteiger charge is 2.49. The molecule has 1 fully saturated rings. The number of aliphatic carboxylic acids is 1. The molecule has 0 bridgehead atoms. The van der Waals surface area contributed by atoms with Gasteiger partial charge in [-0.2, -0.15) is 0 Å². The zero-order valence-electron chi connectivity index (χ0n) is 8.92. The lowest BCUT2D eigenvalue weighted by Crippen LogP contribution is -2.28. The van der Waals surface area contributed by atoms with Crippen molar-refractivity contribution in [1.82, 2.24) is 4.90 Å². The Bertz CT molecular complexity index is 398. The Morgan fingerprint density at radius 1 is 1.56 bits per heavy atom. The molecular weight excluding hydrogens is 210 g/mol. The van der Waals surface area contributed by atoms with Crippen LogP contribution >= 0.6 is 0 Å². The number of carbonyl (C=O) groups is 2. The zero-order valence-corrected chi connectivity index (χ0v) is 8.92. The number of hydrogen-bond donors (Lipinski definition) is 1. The van der Waals surface area contributed by atoms with Gasteiger partial charge in [0.1, 0.15) is 0 Å². The van der Waals surface area contributed by atoms with E-state index >= 15 is 0 Å². The monoisotopic (exact) mass is 223 g/mol. The van der Waals surface area contributed by atoms with Gasteiger partial charge in [-0.1, -0.05) is 0 Å². The normalized spacial score (nSPS) is 22.8. The Labute approximate surface area is 92.7 Å². The maximum atomic E-state index is 11.8. The quantitative estimate of drug-likeness (QED) is 0.825. The molecule has 5 nitrogen and oxygen atoms in total.